The van der Waals surface area contributed by atoms with Crippen molar-refractivity contribution in [1.29, 1.82) is 0 Å². The summed E-state index contributed by atoms with van der Waals surface area (Å²) in [6.07, 6.45) is 4.15. The Hall–Kier alpha value is -1.93. The number of aromatic nitrogens is 1. The van der Waals surface area contributed by atoms with Gasteiger partial charge in [-0.1, -0.05) is 12.7 Å². The van der Waals surface area contributed by atoms with Crippen LogP contribution in [0.25, 0.3) is 0 Å². The Bertz CT molecular complexity index is 704. The van der Waals surface area contributed by atoms with E-state index in [1.807, 2.05) is 19.1 Å². The summed E-state index contributed by atoms with van der Waals surface area (Å²) < 4.78 is 32.9. The van der Waals surface area contributed by atoms with Gasteiger partial charge in [-0.25, -0.2) is 4.79 Å². The topological polar surface area (TPSA) is 85.8 Å². The highest BCUT2D eigenvalue weighted by Crippen LogP contribution is 2.25. The number of likely N-dealkylation sites (tertiary alicyclic amines) is 1. The minimum atomic E-state index is -3.58. The molecule has 1 amide bonds. The molecule has 0 radical (unpaired) electrons. The molecule has 1 aliphatic rings. The van der Waals surface area contributed by atoms with Crippen LogP contribution < -0.4 is 0 Å². The third-order valence-corrected chi connectivity index (χ3v) is 4.30. The van der Waals surface area contributed by atoms with Gasteiger partial charge < -0.3 is 9.64 Å². The molecule has 0 saturated carbocycles. The van der Waals surface area contributed by atoms with Gasteiger partial charge in [-0.05, 0) is 37.5 Å². The molecule has 2 rings (SSSR count). The summed E-state index contributed by atoms with van der Waals surface area (Å²) >= 11 is 0. The first kappa shape index (κ1) is 18.4. The molecule has 0 unspecified atom stereocenters. The molecular weight excluding hydrogens is 332 g/mol. The third-order valence-electron chi connectivity index (χ3n) is 3.68. The molecule has 1 fully saturated rings. The summed E-state index contributed by atoms with van der Waals surface area (Å²) in [5.74, 6) is 0. The largest absolute Gasteiger partial charge is 0.445 e. The number of hydrogen-bond acceptors (Lipinski definition) is 6. The molecule has 1 aliphatic heterocycles. The van der Waals surface area contributed by atoms with Crippen molar-refractivity contribution < 1.29 is 22.1 Å². The average Bonchev–Trinajstić information content (AvgIpc) is 2.85. The first-order chi connectivity index (χ1) is 11.3. The number of hydrogen-bond donors (Lipinski definition) is 0. The quantitative estimate of drug-likeness (QED) is 0.571. The van der Waals surface area contributed by atoms with Gasteiger partial charge in [0, 0.05) is 17.9 Å². The van der Waals surface area contributed by atoms with Crippen molar-refractivity contribution >= 4 is 16.2 Å². The number of ether oxygens (including phenoxy) is 1. The van der Waals surface area contributed by atoms with Gasteiger partial charge in [0.2, 0.25) is 0 Å². The van der Waals surface area contributed by atoms with Crippen LogP contribution in [0, 0.1) is 6.92 Å². The van der Waals surface area contributed by atoms with E-state index in [0.29, 0.717) is 12.8 Å². The molecule has 24 heavy (non-hydrogen) atoms. The molecule has 8 heteroatoms. The smallest absolute Gasteiger partial charge is 0.410 e. The average molecular weight is 354 g/mol. The predicted molar refractivity (Wildman–Crippen MR) is 89.1 cm³/mol. The molecule has 0 aromatic carbocycles. The van der Waals surface area contributed by atoms with E-state index in [1.165, 1.54) is 11.0 Å². The molecule has 0 spiro atoms. The summed E-state index contributed by atoms with van der Waals surface area (Å²) in [6, 6.07) is 3.62. The molecule has 2 atom stereocenters. The second-order valence-electron chi connectivity index (χ2n) is 5.84. The Labute approximate surface area is 142 Å². The zero-order valence-electron chi connectivity index (χ0n) is 13.8. The van der Waals surface area contributed by atoms with Crippen molar-refractivity contribution in [3.63, 3.8) is 0 Å². The molecule has 0 aliphatic carbocycles. The van der Waals surface area contributed by atoms with Crippen LogP contribution in [0.4, 0.5) is 4.79 Å². The van der Waals surface area contributed by atoms with Crippen molar-refractivity contribution in [2.45, 2.75) is 31.9 Å². The maximum absolute atomic E-state index is 12.2. The molecule has 1 aromatic heterocycles. The van der Waals surface area contributed by atoms with Crippen LogP contribution >= 0.6 is 0 Å². The van der Waals surface area contributed by atoms with Crippen molar-refractivity contribution in [2.75, 3.05) is 19.4 Å². The number of aryl methyl sites for hydroxylation is 1. The molecule has 1 saturated heterocycles. The van der Waals surface area contributed by atoms with Crippen LogP contribution in [0.3, 0.4) is 0 Å². The van der Waals surface area contributed by atoms with E-state index < -0.39 is 22.3 Å². The van der Waals surface area contributed by atoms with Crippen LogP contribution in [0.15, 0.2) is 31.0 Å². The Morgan fingerprint density at radius 2 is 2.29 bits per heavy atom. The minimum absolute atomic E-state index is 0.105. The lowest BCUT2D eigenvalue weighted by molar-refractivity contribution is 0.104. The first-order valence-corrected chi connectivity index (χ1v) is 9.44. The number of nitrogens with zero attached hydrogens (tertiary/aromatic N) is 2. The van der Waals surface area contributed by atoms with Crippen molar-refractivity contribution in [2.24, 2.45) is 0 Å². The number of amides is 1. The summed E-state index contributed by atoms with van der Waals surface area (Å²) in [7, 11) is -3.58. The second-order valence-corrected chi connectivity index (χ2v) is 7.44. The van der Waals surface area contributed by atoms with Gasteiger partial charge in [0.1, 0.15) is 6.61 Å². The summed E-state index contributed by atoms with van der Waals surface area (Å²) in [5, 5.41) is 0. The van der Waals surface area contributed by atoms with Crippen molar-refractivity contribution in [3.05, 3.63) is 42.2 Å². The maximum atomic E-state index is 12.2. The summed E-state index contributed by atoms with van der Waals surface area (Å²) in [5.41, 5.74) is 1.91. The van der Waals surface area contributed by atoms with E-state index in [1.54, 1.807) is 6.20 Å². The minimum Gasteiger partial charge on any atom is -0.445 e. The number of carbonyl (C=O) groups excluding carboxylic acids is 1. The molecule has 132 valence electrons. The highest BCUT2D eigenvalue weighted by Gasteiger charge is 2.38. The number of carbonyl (C=O) groups is 1. The molecule has 0 bridgehead atoms. The molecule has 7 nitrogen and oxygen atoms in total. The van der Waals surface area contributed by atoms with Crippen LogP contribution in [-0.4, -0.2) is 55.9 Å². The van der Waals surface area contributed by atoms with E-state index in [0.717, 1.165) is 17.5 Å². The fourth-order valence-electron chi connectivity index (χ4n) is 2.82. The summed E-state index contributed by atoms with van der Waals surface area (Å²) in [4.78, 5) is 17.9. The van der Waals surface area contributed by atoms with Gasteiger partial charge in [0.05, 0.1) is 18.9 Å². The van der Waals surface area contributed by atoms with E-state index in [2.05, 4.69) is 11.6 Å². The van der Waals surface area contributed by atoms with Crippen LogP contribution in [0.1, 0.15) is 17.7 Å². The highest BCUT2D eigenvalue weighted by atomic mass is 32.2. The summed E-state index contributed by atoms with van der Waals surface area (Å²) in [6.45, 7) is 5.69. The Kier molecular flexibility index (Phi) is 5.95. The van der Waals surface area contributed by atoms with E-state index in [9.17, 15) is 13.2 Å². The SMILES string of the molecule is C=CCOC(=O)N1C[C@H](OS(C)(=O)=O)C[C@H]1Cc1ccnc(C)c1. The third kappa shape index (κ3) is 5.31. The zero-order chi connectivity index (χ0) is 17.7. The van der Waals surface area contributed by atoms with Gasteiger partial charge in [-0.2, -0.15) is 8.42 Å². The van der Waals surface area contributed by atoms with Gasteiger partial charge in [0.25, 0.3) is 10.1 Å². The maximum Gasteiger partial charge on any atom is 0.410 e. The van der Waals surface area contributed by atoms with E-state index in [-0.39, 0.29) is 19.2 Å². The normalized spacial score (nSPS) is 20.8. The van der Waals surface area contributed by atoms with Crippen LogP contribution in [0.5, 0.6) is 0 Å². The lowest BCUT2D eigenvalue weighted by Gasteiger charge is -2.23. The van der Waals surface area contributed by atoms with Crippen molar-refractivity contribution in [1.82, 2.24) is 9.88 Å². The Morgan fingerprint density at radius 3 is 2.92 bits per heavy atom. The highest BCUT2D eigenvalue weighted by molar-refractivity contribution is 7.86. The van der Waals surface area contributed by atoms with Crippen molar-refractivity contribution in [3.8, 4) is 0 Å². The first-order valence-electron chi connectivity index (χ1n) is 7.62. The van der Waals surface area contributed by atoms with Gasteiger partial charge >= 0.3 is 6.09 Å². The van der Waals surface area contributed by atoms with E-state index in [4.69, 9.17) is 8.92 Å². The van der Waals surface area contributed by atoms with E-state index >= 15 is 0 Å². The lowest BCUT2D eigenvalue weighted by atomic mass is 10.0. The standard InChI is InChI=1S/C16H22N2O5S/c1-4-7-22-16(19)18-11-15(23-24(3,20)21)10-14(18)9-13-5-6-17-12(2)8-13/h4-6,8,14-15H,1,7,9-11H2,2-3H3/t14-,15-/m1/s1. The molecule has 1 aromatic rings. The molecule has 0 N–H and O–H groups in total. The Morgan fingerprint density at radius 1 is 1.54 bits per heavy atom. The van der Waals surface area contributed by atoms with Gasteiger partial charge in [-0.3, -0.25) is 9.17 Å². The van der Waals surface area contributed by atoms with Gasteiger partial charge in [-0.15, -0.1) is 0 Å². The molecular formula is C16H22N2O5S. The van der Waals surface area contributed by atoms with Crippen LogP contribution in [0.2, 0.25) is 0 Å². The number of pyridine rings is 1. The zero-order valence-corrected chi connectivity index (χ0v) is 14.7. The fourth-order valence-corrected chi connectivity index (χ4v) is 3.46. The van der Waals surface area contributed by atoms with Crippen LogP contribution in [-0.2, 0) is 25.5 Å². The lowest BCUT2D eigenvalue weighted by Crippen LogP contribution is -2.37. The number of rotatable bonds is 6. The fraction of sp³-hybridized carbons (Fsp3) is 0.500. The Balaban J connectivity index is 2.13. The molecule has 2 heterocycles. The van der Waals surface area contributed by atoms with Gasteiger partial charge in [0.15, 0.2) is 0 Å². The monoisotopic (exact) mass is 354 g/mol. The predicted octanol–water partition coefficient (Wildman–Crippen LogP) is 1.67. The second kappa shape index (κ2) is 7.76.